The molecule has 76 valence electrons. The summed E-state index contributed by atoms with van der Waals surface area (Å²) in [6, 6.07) is 0. The predicted octanol–water partition coefficient (Wildman–Crippen LogP) is 0.773. The van der Waals surface area contributed by atoms with Gasteiger partial charge < -0.3 is 10.5 Å². The average Bonchev–Trinajstić information content (AvgIpc) is 2.51. The number of ether oxygens (including phenoxy) is 1. The number of hydrogen-bond donors (Lipinski definition) is 1. The van der Waals surface area contributed by atoms with E-state index in [1.54, 1.807) is 0 Å². The van der Waals surface area contributed by atoms with Crippen molar-refractivity contribution in [2.45, 2.75) is 25.4 Å². The summed E-state index contributed by atoms with van der Waals surface area (Å²) in [6.45, 7) is 2.66. The van der Waals surface area contributed by atoms with E-state index < -0.39 is 0 Å². The van der Waals surface area contributed by atoms with Gasteiger partial charge in [0, 0.05) is 19.7 Å². The average molecular weight is 202 g/mol. The van der Waals surface area contributed by atoms with E-state index in [2.05, 4.69) is 4.90 Å². The van der Waals surface area contributed by atoms with Gasteiger partial charge in [-0.2, -0.15) is 0 Å². The standard InChI is InChI=1S/C9H18N2OS/c1-11(7-9(10)13)5-4-8-3-2-6-12-8/h8H,2-7H2,1H3,(H2,10,13). The Morgan fingerprint density at radius 2 is 2.46 bits per heavy atom. The number of hydrogen-bond acceptors (Lipinski definition) is 3. The summed E-state index contributed by atoms with van der Waals surface area (Å²) in [7, 11) is 2.04. The van der Waals surface area contributed by atoms with E-state index in [0.29, 0.717) is 17.6 Å². The van der Waals surface area contributed by atoms with Gasteiger partial charge in [-0.3, -0.25) is 4.90 Å². The highest BCUT2D eigenvalue weighted by molar-refractivity contribution is 7.80. The van der Waals surface area contributed by atoms with E-state index in [1.165, 1.54) is 12.8 Å². The smallest absolute Gasteiger partial charge is 0.0869 e. The van der Waals surface area contributed by atoms with Crippen LogP contribution in [0.3, 0.4) is 0 Å². The molecule has 0 aliphatic carbocycles. The molecule has 1 heterocycles. The van der Waals surface area contributed by atoms with Gasteiger partial charge in [0.1, 0.15) is 0 Å². The molecule has 0 aromatic heterocycles. The Morgan fingerprint density at radius 1 is 1.69 bits per heavy atom. The maximum atomic E-state index is 5.52. The molecule has 1 atom stereocenters. The fraction of sp³-hybridized carbons (Fsp3) is 0.889. The molecular formula is C9H18N2OS. The van der Waals surface area contributed by atoms with Crippen LogP contribution < -0.4 is 5.73 Å². The Morgan fingerprint density at radius 3 is 3.00 bits per heavy atom. The molecule has 0 radical (unpaired) electrons. The van der Waals surface area contributed by atoms with Gasteiger partial charge in [-0.25, -0.2) is 0 Å². The first-order valence-corrected chi connectivity index (χ1v) is 5.18. The Balaban J connectivity index is 2.06. The number of likely N-dealkylation sites (N-methyl/N-ethyl adjacent to an activating group) is 1. The van der Waals surface area contributed by atoms with Gasteiger partial charge in [-0.1, -0.05) is 12.2 Å². The zero-order chi connectivity index (χ0) is 9.68. The molecule has 1 rings (SSSR count). The molecule has 4 heteroatoms. The van der Waals surface area contributed by atoms with Crippen LogP contribution in [-0.2, 0) is 4.74 Å². The predicted molar refractivity (Wildman–Crippen MR) is 57.9 cm³/mol. The molecule has 1 aliphatic rings. The minimum Gasteiger partial charge on any atom is -0.392 e. The third-order valence-corrected chi connectivity index (χ3v) is 2.41. The van der Waals surface area contributed by atoms with Gasteiger partial charge >= 0.3 is 0 Å². The Hall–Kier alpha value is -0.190. The topological polar surface area (TPSA) is 38.5 Å². The van der Waals surface area contributed by atoms with Gasteiger partial charge in [0.15, 0.2) is 0 Å². The van der Waals surface area contributed by atoms with Crippen molar-refractivity contribution in [3.8, 4) is 0 Å². The van der Waals surface area contributed by atoms with Crippen LogP contribution in [0.5, 0.6) is 0 Å². The van der Waals surface area contributed by atoms with Crippen LogP contribution in [0.15, 0.2) is 0 Å². The van der Waals surface area contributed by atoms with Crippen molar-refractivity contribution in [2.24, 2.45) is 5.73 Å². The van der Waals surface area contributed by atoms with Crippen LogP contribution in [0, 0.1) is 0 Å². The van der Waals surface area contributed by atoms with Gasteiger partial charge in [0.05, 0.1) is 11.1 Å². The van der Waals surface area contributed by atoms with Crippen molar-refractivity contribution in [2.75, 3.05) is 26.7 Å². The van der Waals surface area contributed by atoms with Crippen LogP contribution in [0.1, 0.15) is 19.3 Å². The first kappa shape index (κ1) is 10.9. The molecule has 13 heavy (non-hydrogen) atoms. The summed E-state index contributed by atoms with van der Waals surface area (Å²) >= 11 is 4.83. The number of rotatable bonds is 5. The molecule has 0 aromatic carbocycles. The molecule has 3 nitrogen and oxygen atoms in total. The fourth-order valence-corrected chi connectivity index (χ4v) is 1.80. The van der Waals surface area contributed by atoms with E-state index in [0.717, 1.165) is 19.6 Å². The van der Waals surface area contributed by atoms with Crippen molar-refractivity contribution < 1.29 is 4.74 Å². The lowest BCUT2D eigenvalue weighted by Crippen LogP contribution is -2.31. The van der Waals surface area contributed by atoms with Crippen LogP contribution in [0.4, 0.5) is 0 Å². The second-order valence-electron chi connectivity index (χ2n) is 3.63. The quantitative estimate of drug-likeness (QED) is 0.668. The maximum Gasteiger partial charge on any atom is 0.0869 e. The zero-order valence-electron chi connectivity index (χ0n) is 8.16. The van der Waals surface area contributed by atoms with E-state index in [1.807, 2.05) is 7.05 Å². The molecule has 0 bridgehead atoms. The van der Waals surface area contributed by atoms with Gasteiger partial charge in [0.25, 0.3) is 0 Å². The summed E-state index contributed by atoms with van der Waals surface area (Å²) in [6.07, 6.45) is 3.98. The largest absolute Gasteiger partial charge is 0.392 e. The molecule has 0 aromatic rings. The number of nitrogens with zero attached hydrogens (tertiary/aromatic N) is 1. The van der Waals surface area contributed by atoms with E-state index in [4.69, 9.17) is 22.7 Å². The van der Waals surface area contributed by atoms with Crippen LogP contribution in [0.2, 0.25) is 0 Å². The summed E-state index contributed by atoms with van der Waals surface area (Å²) in [5.41, 5.74) is 5.44. The lowest BCUT2D eigenvalue weighted by atomic mass is 10.2. The van der Waals surface area contributed by atoms with Crippen LogP contribution >= 0.6 is 12.2 Å². The van der Waals surface area contributed by atoms with Crippen molar-refractivity contribution in [1.82, 2.24) is 4.90 Å². The molecule has 0 spiro atoms. The summed E-state index contributed by atoms with van der Waals surface area (Å²) in [5.74, 6) is 0. The minimum atomic E-state index is 0.466. The monoisotopic (exact) mass is 202 g/mol. The molecule has 2 N–H and O–H groups in total. The second kappa shape index (κ2) is 5.52. The van der Waals surface area contributed by atoms with E-state index >= 15 is 0 Å². The minimum absolute atomic E-state index is 0.466. The SMILES string of the molecule is CN(CCC1CCCO1)CC(N)=S. The normalized spacial score (nSPS) is 22.5. The van der Waals surface area contributed by atoms with Gasteiger partial charge in [-0.05, 0) is 26.3 Å². The number of thiocarbonyl (C=S) groups is 1. The Bertz CT molecular complexity index is 169. The molecule has 1 fully saturated rings. The summed E-state index contributed by atoms with van der Waals surface area (Å²) in [4.78, 5) is 2.71. The van der Waals surface area contributed by atoms with Crippen molar-refractivity contribution in [3.05, 3.63) is 0 Å². The second-order valence-corrected chi connectivity index (χ2v) is 4.15. The molecular weight excluding hydrogens is 184 g/mol. The third-order valence-electron chi connectivity index (χ3n) is 2.28. The fourth-order valence-electron chi connectivity index (χ4n) is 1.58. The van der Waals surface area contributed by atoms with E-state index in [9.17, 15) is 0 Å². The highest BCUT2D eigenvalue weighted by Gasteiger charge is 2.15. The molecule has 1 aliphatic heterocycles. The van der Waals surface area contributed by atoms with Crippen molar-refractivity contribution in [3.63, 3.8) is 0 Å². The molecule has 1 saturated heterocycles. The van der Waals surface area contributed by atoms with Gasteiger partial charge in [0.2, 0.25) is 0 Å². The Kier molecular flexibility index (Phi) is 4.62. The summed E-state index contributed by atoms with van der Waals surface area (Å²) in [5, 5.41) is 0. The summed E-state index contributed by atoms with van der Waals surface area (Å²) < 4.78 is 5.52. The third kappa shape index (κ3) is 4.55. The first-order valence-electron chi connectivity index (χ1n) is 4.77. The van der Waals surface area contributed by atoms with E-state index in [-0.39, 0.29) is 0 Å². The van der Waals surface area contributed by atoms with Gasteiger partial charge in [-0.15, -0.1) is 0 Å². The molecule has 1 unspecified atom stereocenters. The Labute approximate surface area is 85.2 Å². The highest BCUT2D eigenvalue weighted by Crippen LogP contribution is 2.15. The van der Waals surface area contributed by atoms with Crippen LogP contribution in [0.25, 0.3) is 0 Å². The first-order chi connectivity index (χ1) is 6.18. The van der Waals surface area contributed by atoms with Crippen LogP contribution in [-0.4, -0.2) is 42.7 Å². The maximum absolute atomic E-state index is 5.52. The lowest BCUT2D eigenvalue weighted by Gasteiger charge is -2.17. The zero-order valence-corrected chi connectivity index (χ0v) is 8.98. The molecule has 0 amide bonds. The van der Waals surface area contributed by atoms with Crippen molar-refractivity contribution >= 4 is 17.2 Å². The number of nitrogens with two attached hydrogens (primary N) is 1. The highest BCUT2D eigenvalue weighted by atomic mass is 32.1. The lowest BCUT2D eigenvalue weighted by molar-refractivity contribution is 0.0965. The molecule has 0 saturated carbocycles. The van der Waals surface area contributed by atoms with Crippen molar-refractivity contribution in [1.29, 1.82) is 0 Å².